The lowest BCUT2D eigenvalue weighted by atomic mass is 9.70. The van der Waals surface area contributed by atoms with Crippen LogP contribution in [-0.4, -0.2) is 25.6 Å². The van der Waals surface area contributed by atoms with Gasteiger partial charge in [-0.2, -0.15) is 0 Å². The van der Waals surface area contributed by atoms with Crippen molar-refractivity contribution < 1.29 is 19.0 Å². The molecule has 4 heteroatoms. The van der Waals surface area contributed by atoms with Crippen molar-refractivity contribution in [3.63, 3.8) is 0 Å². The zero-order chi connectivity index (χ0) is 27.8. The maximum Gasteiger partial charge on any atom is 0.175 e. The summed E-state index contributed by atoms with van der Waals surface area (Å²) in [5, 5.41) is 0. The van der Waals surface area contributed by atoms with E-state index in [0.29, 0.717) is 13.2 Å². The molecule has 0 aromatic heterocycles. The highest BCUT2D eigenvalue weighted by Crippen LogP contribution is 2.41. The van der Waals surface area contributed by atoms with E-state index in [2.05, 4.69) is 58.0 Å². The maximum absolute atomic E-state index is 12.3. The fraction of sp³-hybridized carbons (Fsp3) is 0.441. The molecule has 0 aliphatic carbocycles. The van der Waals surface area contributed by atoms with E-state index in [0.717, 1.165) is 47.6 Å². The molecule has 0 saturated heterocycles. The molecule has 0 saturated carbocycles. The Bertz CT molecular complexity index is 1190. The van der Waals surface area contributed by atoms with Gasteiger partial charge in [0.15, 0.2) is 5.78 Å². The quantitative estimate of drug-likeness (QED) is 0.215. The largest absolute Gasteiger partial charge is 0.493 e. The summed E-state index contributed by atoms with van der Waals surface area (Å²) < 4.78 is 17.8. The third-order valence-corrected chi connectivity index (χ3v) is 7.42. The lowest BCUT2D eigenvalue weighted by molar-refractivity contribution is -0.128. The number of ether oxygens (including phenoxy) is 3. The molecule has 204 valence electrons. The fourth-order valence-electron chi connectivity index (χ4n) is 4.76. The van der Waals surface area contributed by atoms with Gasteiger partial charge in [0.05, 0.1) is 13.2 Å². The summed E-state index contributed by atoms with van der Waals surface area (Å²) in [7, 11) is 0. The van der Waals surface area contributed by atoms with Crippen molar-refractivity contribution >= 4 is 5.78 Å². The number of para-hydroxylation sites is 1. The van der Waals surface area contributed by atoms with Gasteiger partial charge in [0.2, 0.25) is 0 Å². The van der Waals surface area contributed by atoms with Gasteiger partial charge in [-0.15, -0.1) is 0 Å². The Morgan fingerprint density at radius 2 is 1.24 bits per heavy atom. The third-order valence-electron chi connectivity index (χ3n) is 7.42. The molecule has 0 bridgehead atoms. The minimum absolute atomic E-state index is 0.0927. The first-order valence-electron chi connectivity index (χ1n) is 13.8. The highest BCUT2D eigenvalue weighted by molar-refractivity contribution is 5.85. The molecule has 0 amide bonds. The molecule has 0 spiro atoms. The fourth-order valence-corrected chi connectivity index (χ4v) is 4.76. The number of Topliss-reactive ketones (excluding diaryl/α,β-unsaturated/α-hetero) is 1. The monoisotopic (exact) mass is 516 g/mol. The van der Waals surface area contributed by atoms with Gasteiger partial charge in [0, 0.05) is 17.3 Å². The van der Waals surface area contributed by atoms with Crippen LogP contribution in [0.4, 0.5) is 0 Å². The second kappa shape index (κ2) is 13.0. The lowest BCUT2D eigenvalue weighted by Crippen LogP contribution is -2.27. The normalized spacial score (nSPS) is 11.8. The van der Waals surface area contributed by atoms with Crippen molar-refractivity contribution in [2.24, 2.45) is 5.41 Å². The average Bonchev–Trinajstić information content (AvgIpc) is 2.90. The molecular weight excluding hydrogens is 472 g/mol. The van der Waals surface area contributed by atoms with E-state index in [1.807, 2.05) is 57.2 Å². The predicted molar refractivity (Wildman–Crippen MR) is 156 cm³/mol. The Morgan fingerprint density at radius 3 is 1.74 bits per heavy atom. The van der Waals surface area contributed by atoms with Gasteiger partial charge in [-0.25, -0.2) is 0 Å². The molecule has 3 aromatic carbocycles. The summed E-state index contributed by atoms with van der Waals surface area (Å²) >= 11 is 0. The standard InChI is InChI=1S/C34H44O4/c1-8-34(9-2,28-17-19-31(26(4)23-28)38-24-32(35)33(5,6)7)27-16-18-30(25(3)22-27)37-21-13-20-36-29-14-11-10-12-15-29/h10-12,14-19,22-23H,8-9,13,20-21,24H2,1-7H3. The number of aryl methyl sites for hydroxylation is 2. The van der Waals surface area contributed by atoms with E-state index in [9.17, 15) is 4.79 Å². The van der Waals surface area contributed by atoms with Gasteiger partial charge in [0.1, 0.15) is 23.9 Å². The van der Waals surface area contributed by atoms with Crippen LogP contribution in [0, 0.1) is 19.3 Å². The number of carbonyl (C=O) groups is 1. The van der Waals surface area contributed by atoms with Crippen LogP contribution in [0.3, 0.4) is 0 Å². The summed E-state index contributed by atoms with van der Waals surface area (Å²) in [5.41, 5.74) is 4.21. The van der Waals surface area contributed by atoms with Crippen LogP contribution in [0.2, 0.25) is 0 Å². The van der Waals surface area contributed by atoms with E-state index in [4.69, 9.17) is 14.2 Å². The highest BCUT2D eigenvalue weighted by Gasteiger charge is 2.31. The first-order valence-corrected chi connectivity index (χ1v) is 13.8. The summed E-state index contributed by atoms with van der Waals surface area (Å²) in [6, 6.07) is 22.8. The van der Waals surface area contributed by atoms with Gasteiger partial charge in [-0.3, -0.25) is 4.79 Å². The molecular formula is C34H44O4. The van der Waals surface area contributed by atoms with Crippen LogP contribution in [-0.2, 0) is 10.2 Å². The molecule has 0 aliphatic rings. The first-order chi connectivity index (χ1) is 18.1. The SMILES string of the molecule is CCC(CC)(c1ccc(OCCCOc2ccccc2)c(C)c1)c1ccc(OCC(=O)C(C)(C)C)c(C)c1. The van der Waals surface area contributed by atoms with E-state index in [-0.39, 0.29) is 17.8 Å². The van der Waals surface area contributed by atoms with Crippen LogP contribution in [0.25, 0.3) is 0 Å². The Hall–Kier alpha value is -3.27. The van der Waals surface area contributed by atoms with E-state index in [1.165, 1.54) is 11.1 Å². The van der Waals surface area contributed by atoms with Gasteiger partial charge in [-0.1, -0.05) is 77.1 Å². The smallest absolute Gasteiger partial charge is 0.175 e. The van der Waals surface area contributed by atoms with Crippen LogP contribution in [0.5, 0.6) is 17.2 Å². The molecule has 0 N–H and O–H groups in total. The minimum atomic E-state index is -0.406. The van der Waals surface area contributed by atoms with Gasteiger partial charge in [-0.05, 0) is 73.2 Å². The highest BCUT2D eigenvalue weighted by atomic mass is 16.5. The predicted octanol–water partition coefficient (Wildman–Crippen LogP) is 8.25. The Balaban J connectivity index is 1.69. The maximum atomic E-state index is 12.3. The van der Waals surface area contributed by atoms with Crippen LogP contribution in [0.15, 0.2) is 66.7 Å². The number of carbonyl (C=O) groups excluding carboxylic acids is 1. The molecule has 3 aromatic rings. The van der Waals surface area contributed by atoms with E-state index in [1.54, 1.807) is 0 Å². The number of ketones is 1. The van der Waals surface area contributed by atoms with Gasteiger partial charge >= 0.3 is 0 Å². The molecule has 0 radical (unpaired) electrons. The average molecular weight is 517 g/mol. The van der Waals surface area contributed by atoms with Crippen LogP contribution in [0.1, 0.15) is 76.1 Å². The molecule has 38 heavy (non-hydrogen) atoms. The lowest BCUT2D eigenvalue weighted by Gasteiger charge is -2.34. The van der Waals surface area contributed by atoms with Gasteiger partial charge in [0.25, 0.3) is 0 Å². The Kier molecular flexibility index (Phi) is 10.0. The van der Waals surface area contributed by atoms with Crippen molar-refractivity contribution in [2.75, 3.05) is 19.8 Å². The Morgan fingerprint density at radius 1 is 0.711 bits per heavy atom. The van der Waals surface area contributed by atoms with Crippen molar-refractivity contribution in [2.45, 2.75) is 73.1 Å². The number of hydrogen-bond acceptors (Lipinski definition) is 4. The molecule has 4 nitrogen and oxygen atoms in total. The second-order valence-electron chi connectivity index (χ2n) is 11.1. The van der Waals surface area contributed by atoms with Crippen LogP contribution >= 0.6 is 0 Å². The zero-order valence-electron chi connectivity index (χ0n) is 24.2. The van der Waals surface area contributed by atoms with Crippen molar-refractivity contribution in [3.05, 3.63) is 89.0 Å². The van der Waals surface area contributed by atoms with E-state index >= 15 is 0 Å². The molecule has 0 heterocycles. The third kappa shape index (κ3) is 7.18. The topological polar surface area (TPSA) is 44.8 Å². The summed E-state index contributed by atoms with van der Waals surface area (Å²) in [4.78, 5) is 12.3. The molecule has 3 rings (SSSR count). The summed E-state index contributed by atoms with van der Waals surface area (Å²) in [6.07, 6.45) is 2.77. The first kappa shape index (κ1) is 29.3. The van der Waals surface area contributed by atoms with Crippen molar-refractivity contribution in [1.29, 1.82) is 0 Å². The molecule has 0 unspecified atom stereocenters. The minimum Gasteiger partial charge on any atom is -0.493 e. The van der Waals surface area contributed by atoms with Crippen molar-refractivity contribution in [3.8, 4) is 17.2 Å². The molecule has 0 atom stereocenters. The van der Waals surface area contributed by atoms with Gasteiger partial charge < -0.3 is 14.2 Å². The molecule has 0 aliphatic heterocycles. The van der Waals surface area contributed by atoms with Crippen LogP contribution < -0.4 is 14.2 Å². The number of hydrogen-bond donors (Lipinski definition) is 0. The van der Waals surface area contributed by atoms with E-state index < -0.39 is 5.41 Å². The van der Waals surface area contributed by atoms with Crippen molar-refractivity contribution in [1.82, 2.24) is 0 Å². The number of rotatable bonds is 13. The summed E-state index contributed by atoms with van der Waals surface area (Å²) in [6.45, 7) is 15.8. The Labute approximate surface area is 229 Å². The summed E-state index contributed by atoms with van der Waals surface area (Å²) in [5.74, 6) is 2.66. The number of benzene rings is 3. The zero-order valence-corrected chi connectivity index (χ0v) is 24.2. The second-order valence-corrected chi connectivity index (χ2v) is 11.1. The molecule has 0 fully saturated rings.